The normalized spacial score (nSPS) is 24.7. The molecule has 164 valence electrons. The van der Waals surface area contributed by atoms with Gasteiger partial charge >= 0.3 is 0 Å². The van der Waals surface area contributed by atoms with Crippen LogP contribution in [0.25, 0.3) is 17.0 Å². The van der Waals surface area contributed by atoms with Crippen molar-refractivity contribution in [2.24, 2.45) is 5.73 Å². The van der Waals surface area contributed by atoms with Crippen LogP contribution in [0.1, 0.15) is 13.8 Å². The molecule has 5 rings (SSSR count). The minimum absolute atomic E-state index is 0.0171. The van der Waals surface area contributed by atoms with Crippen molar-refractivity contribution in [3.05, 3.63) is 30.6 Å². The van der Waals surface area contributed by atoms with Crippen LogP contribution in [0, 0.1) is 0 Å². The zero-order valence-corrected chi connectivity index (χ0v) is 17.9. The lowest BCUT2D eigenvalue weighted by Gasteiger charge is -2.42. The molecular weight excluding hydrogens is 396 g/mol. The predicted octanol–water partition coefficient (Wildman–Crippen LogP) is 0.988. The van der Waals surface area contributed by atoms with Crippen molar-refractivity contribution in [1.29, 1.82) is 0 Å². The first-order valence-corrected chi connectivity index (χ1v) is 10.8. The molecule has 0 bridgehead atoms. The summed E-state index contributed by atoms with van der Waals surface area (Å²) in [5, 5.41) is 0. The van der Waals surface area contributed by atoms with Crippen molar-refractivity contribution in [3.8, 4) is 5.95 Å². The Bertz CT molecular complexity index is 1050. The van der Waals surface area contributed by atoms with Crippen molar-refractivity contribution in [2.45, 2.75) is 32.1 Å². The molecule has 0 radical (unpaired) electrons. The molecule has 0 amide bonds. The lowest BCUT2D eigenvalue weighted by Crippen LogP contribution is -2.55. The summed E-state index contributed by atoms with van der Waals surface area (Å²) in [5.41, 5.74) is 7.78. The summed E-state index contributed by atoms with van der Waals surface area (Å²) < 4.78 is 13.5. The van der Waals surface area contributed by atoms with E-state index >= 15 is 0 Å². The third-order valence-electron chi connectivity index (χ3n) is 6.06. The van der Waals surface area contributed by atoms with Gasteiger partial charge in [-0.05, 0) is 26.0 Å². The molecule has 2 aromatic heterocycles. The number of nitrogens with two attached hydrogens (primary N) is 1. The van der Waals surface area contributed by atoms with Gasteiger partial charge in [0.15, 0.2) is 0 Å². The molecule has 0 aliphatic carbocycles. The maximum Gasteiger partial charge on any atom is 0.242 e. The van der Waals surface area contributed by atoms with Crippen LogP contribution in [0.3, 0.4) is 0 Å². The Morgan fingerprint density at radius 1 is 1.03 bits per heavy atom. The Hall–Kier alpha value is -2.82. The summed E-state index contributed by atoms with van der Waals surface area (Å²) in [4.78, 5) is 23.4. The van der Waals surface area contributed by atoms with Gasteiger partial charge in [-0.1, -0.05) is 12.1 Å². The number of aromatic nitrogens is 5. The second-order valence-electron chi connectivity index (χ2n) is 8.03. The van der Waals surface area contributed by atoms with Crippen LogP contribution < -0.4 is 15.5 Å². The SMILES string of the molecule is CC1OC(CN)CN(c2nc(N3CCOCC3)nc(-n3cnc4ccccc43)n2)C1C. The molecule has 3 unspecified atom stereocenters. The van der Waals surface area contributed by atoms with E-state index in [1.807, 2.05) is 28.8 Å². The number of benzene rings is 1. The van der Waals surface area contributed by atoms with E-state index in [2.05, 4.69) is 28.6 Å². The van der Waals surface area contributed by atoms with Gasteiger partial charge in [-0.3, -0.25) is 4.57 Å². The topological polar surface area (TPSA) is 107 Å². The van der Waals surface area contributed by atoms with E-state index in [0.29, 0.717) is 44.1 Å². The highest BCUT2D eigenvalue weighted by atomic mass is 16.5. The van der Waals surface area contributed by atoms with Crippen LogP contribution >= 0.6 is 0 Å². The minimum atomic E-state index is -0.0627. The van der Waals surface area contributed by atoms with E-state index in [9.17, 15) is 0 Å². The predicted molar refractivity (Wildman–Crippen MR) is 118 cm³/mol. The van der Waals surface area contributed by atoms with E-state index in [0.717, 1.165) is 24.1 Å². The average molecular weight is 425 g/mol. The zero-order valence-electron chi connectivity index (χ0n) is 17.9. The smallest absolute Gasteiger partial charge is 0.242 e. The van der Waals surface area contributed by atoms with E-state index in [-0.39, 0.29) is 18.2 Å². The second kappa shape index (κ2) is 8.37. The van der Waals surface area contributed by atoms with Crippen molar-refractivity contribution in [3.63, 3.8) is 0 Å². The maximum atomic E-state index is 6.03. The van der Waals surface area contributed by atoms with E-state index in [4.69, 9.17) is 30.2 Å². The molecule has 31 heavy (non-hydrogen) atoms. The monoisotopic (exact) mass is 424 g/mol. The molecule has 0 saturated carbocycles. The first-order valence-electron chi connectivity index (χ1n) is 10.8. The van der Waals surface area contributed by atoms with Crippen molar-refractivity contribution in [2.75, 3.05) is 49.2 Å². The molecule has 1 aromatic carbocycles. The first-order chi connectivity index (χ1) is 15.1. The Kier molecular flexibility index (Phi) is 5.43. The van der Waals surface area contributed by atoms with Gasteiger partial charge in [0, 0.05) is 26.2 Å². The number of hydrogen-bond acceptors (Lipinski definition) is 9. The van der Waals surface area contributed by atoms with Gasteiger partial charge in [0.1, 0.15) is 6.33 Å². The number of para-hydroxylation sites is 2. The first kappa shape index (κ1) is 20.1. The molecule has 10 nitrogen and oxygen atoms in total. The standard InChI is InChI=1S/C21H28N8O2/c1-14-15(2)31-16(11-22)12-28(14)20-24-19(27-7-9-30-10-8-27)25-21(26-20)29-13-23-17-5-3-4-6-18(17)29/h3-6,13-16H,7-12,22H2,1-2H3. The molecule has 4 heterocycles. The number of anilines is 2. The number of imidazole rings is 1. The molecule has 10 heteroatoms. The van der Waals surface area contributed by atoms with Gasteiger partial charge in [0.25, 0.3) is 0 Å². The molecule has 3 aromatic rings. The Morgan fingerprint density at radius 2 is 1.77 bits per heavy atom. The van der Waals surface area contributed by atoms with Crippen LogP contribution in [0.2, 0.25) is 0 Å². The van der Waals surface area contributed by atoms with E-state index < -0.39 is 0 Å². The molecule has 2 saturated heterocycles. The fourth-order valence-corrected chi connectivity index (χ4v) is 4.10. The van der Waals surface area contributed by atoms with Gasteiger partial charge in [-0.25, -0.2) is 4.98 Å². The van der Waals surface area contributed by atoms with Crippen LogP contribution in [-0.2, 0) is 9.47 Å². The van der Waals surface area contributed by atoms with Gasteiger partial charge in [-0.15, -0.1) is 0 Å². The zero-order chi connectivity index (χ0) is 21.4. The lowest BCUT2D eigenvalue weighted by atomic mass is 10.1. The van der Waals surface area contributed by atoms with Gasteiger partial charge in [-0.2, -0.15) is 15.0 Å². The van der Waals surface area contributed by atoms with Crippen LogP contribution in [-0.4, -0.2) is 82.1 Å². The highest BCUT2D eigenvalue weighted by Gasteiger charge is 2.33. The summed E-state index contributed by atoms with van der Waals surface area (Å²) in [5.74, 6) is 1.83. The molecular formula is C21H28N8O2. The van der Waals surface area contributed by atoms with Crippen molar-refractivity contribution < 1.29 is 9.47 Å². The summed E-state index contributed by atoms with van der Waals surface area (Å²) in [7, 11) is 0. The molecule has 2 N–H and O–H groups in total. The van der Waals surface area contributed by atoms with Gasteiger partial charge in [0.05, 0.1) is 42.5 Å². The van der Waals surface area contributed by atoms with Crippen molar-refractivity contribution in [1.82, 2.24) is 24.5 Å². The number of rotatable bonds is 4. The average Bonchev–Trinajstić information content (AvgIpc) is 3.25. The van der Waals surface area contributed by atoms with Crippen LogP contribution in [0.15, 0.2) is 30.6 Å². The molecule has 2 fully saturated rings. The molecule has 3 atom stereocenters. The minimum Gasteiger partial charge on any atom is -0.378 e. The lowest BCUT2D eigenvalue weighted by molar-refractivity contribution is -0.0310. The third-order valence-corrected chi connectivity index (χ3v) is 6.06. The second-order valence-corrected chi connectivity index (χ2v) is 8.03. The largest absolute Gasteiger partial charge is 0.378 e. The van der Waals surface area contributed by atoms with Crippen LogP contribution in [0.4, 0.5) is 11.9 Å². The number of nitrogens with zero attached hydrogens (tertiary/aromatic N) is 7. The van der Waals surface area contributed by atoms with Gasteiger partial charge in [0.2, 0.25) is 17.8 Å². The maximum absolute atomic E-state index is 6.03. The quantitative estimate of drug-likeness (QED) is 0.656. The summed E-state index contributed by atoms with van der Waals surface area (Å²) in [6.07, 6.45) is 1.72. The number of ether oxygens (including phenoxy) is 2. The van der Waals surface area contributed by atoms with E-state index in [1.54, 1.807) is 6.33 Å². The Labute approximate surface area is 181 Å². The summed E-state index contributed by atoms with van der Waals surface area (Å²) in [6, 6.07) is 8.07. The fraction of sp³-hybridized carbons (Fsp3) is 0.524. The third kappa shape index (κ3) is 3.82. The molecule has 2 aliphatic heterocycles. The highest BCUT2D eigenvalue weighted by molar-refractivity contribution is 5.76. The summed E-state index contributed by atoms with van der Waals surface area (Å²) in [6.45, 7) is 8.08. The van der Waals surface area contributed by atoms with Crippen molar-refractivity contribution >= 4 is 22.9 Å². The van der Waals surface area contributed by atoms with E-state index in [1.165, 1.54) is 0 Å². The summed E-state index contributed by atoms with van der Waals surface area (Å²) >= 11 is 0. The molecule has 2 aliphatic rings. The molecule has 0 spiro atoms. The van der Waals surface area contributed by atoms with Crippen LogP contribution in [0.5, 0.6) is 0 Å². The highest BCUT2D eigenvalue weighted by Crippen LogP contribution is 2.26. The Balaban J connectivity index is 1.61. The fourth-order valence-electron chi connectivity index (χ4n) is 4.10. The Morgan fingerprint density at radius 3 is 2.58 bits per heavy atom. The number of morpholine rings is 2. The number of hydrogen-bond donors (Lipinski definition) is 1. The number of fused-ring (bicyclic) bond motifs is 1. The van der Waals surface area contributed by atoms with Gasteiger partial charge < -0.3 is 25.0 Å².